The van der Waals surface area contributed by atoms with Crippen molar-refractivity contribution in [2.24, 2.45) is 0 Å². The van der Waals surface area contributed by atoms with Crippen LogP contribution in [0.4, 0.5) is 17.3 Å². The zero-order valence-electron chi connectivity index (χ0n) is 11.9. The lowest BCUT2D eigenvalue weighted by Gasteiger charge is -2.14. The first-order valence-electron chi connectivity index (χ1n) is 6.94. The van der Waals surface area contributed by atoms with Gasteiger partial charge in [-0.1, -0.05) is 18.2 Å². The van der Waals surface area contributed by atoms with Crippen molar-refractivity contribution in [2.75, 3.05) is 9.03 Å². The summed E-state index contributed by atoms with van der Waals surface area (Å²) in [7, 11) is -1.21. The number of hydrogen-bond donors (Lipinski definition) is 1. The number of aromatic nitrogens is 2. The molecule has 5 nitrogen and oxygen atoms in total. The van der Waals surface area contributed by atoms with E-state index < -0.39 is 11.0 Å². The van der Waals surface area contributed by atoms with Crippen molar-refractivity contribution in [2.45, 2.75) is 9.79 Å². The fourth-order valence-corrected chi connectivity index (χ4v) is 4.85. The van der Waals surface area contributed by atoms with Crippen LogP contribution in [0.15, 0.2) is 76.8 Å². The molecule has 3 heterocycles. The van der Waals surface area contributed by atoms with Crippen LogP contribution in [0.5, 0.6) is 0 Å². The molecule has 1 aliphatic rings. The Kier molecular flexibility index (Phi) is 3.72. The average Bonchev–Trinajstić information content (AvgIpc) is 2.94. The van der Waals surface area contributed by atoms with E-state index in [0.29, 0.717) is 5.82 Å². The minimum absolute atomic E-state index is 0.694. The van der Waals surface area contributed by atoms with E-state index in [2.05, 4.69) is 15.3 Å². The number of pyridine rings is 2. The number of nitrogens with zero attached hydrogens (tertiary/aromatic N) is 3. The van der Waals surface area contributed by atoms with Crippen molar-refractivity contribution >= 4 is 40.3 Å². The summed E-state index contributed by atoms with van der Waals surface area (Å²) in [5, 5.41) is 3.13. The van der Waals surface area contributed by atoms with E-state index in [0.717, 1.165) is 21.3 Å². The van der Waals surface area contributed by atoms with Crippen LogP contribution in [-0.4, -0.2) is 14.2 Å². The van der Waals surface area contributed by atoms with Crippen LogP contribution in [0.1, 0.15) is 0 Å². The van der Waals surface area contributed by atoms with Crippen LogP contribution >= 0.6 is 11.9 Å². The van der Waals surface area contributed by atoms with E-state index in [1.54, 1.807) is 16.1 Å². The first-order valence-corrected chi connectivity index (χ1v) is 8.82. The lowest BCUT2D eigenvalue weighted by Crippen LogP contribution is -2.12. The molecule has 1 atom stereocenters. The quantitative estimate of drug-likeness (QED) is 0.736. The molecule has 0 amide bonds. The summed E-state index contributed by atoms with van der Waals surface area (Å²) in [6, 6.07) is 17.1. The number of benzene rings is 1. The molecule has 7 heteroatoms. The lowest BCUT2D eigenvalue weighted by molar-refractivity contribution is 0.684. The third-order valence-electron chi connectivity index (χ3n) is 3.25. The van der Waals surface area contributed by atoms with Crippen molar-refractivity contribution in [3.8, 4) is 0 Å². The summed E-state index contributed by atoms with van der Waals surface area (Å²) in [4.78, 5) is 10.4. The molecule has 1 N–H and O–H groups in total. The second-order valence-corrected chi connectivity index (χ2v) is 7.31. The van der Waals surface area contributed by atoms with Gasteiger partial charge >= 0.3 is 0 Å². The second-order valence-electron chi connectivity index (χ2n) is 4.79. The summed E-state index contributed by atoms with van der Waals surface area (Å²) in [6.45, 7) is 0. The van der Waals surface area contributed by atoms with Gasteiger partial charge in [0.2, 0.25) is 0 Å². The predicted octanol–water partition coefficient (Wildman–Crippen LogP) is 3.77. The maximum absolute atomic E-state index is 12.5. The van der Waals surface area contributed by atoms with Crippen molar-refractivity contribution < 1.29 is 4.21 Å². The Bertz CT molecular complexity index is 855. The average molecular weight is 340 g/mol. The summed E-state index contributed by atoms with van der Waals surface area (Å²) in [5.41, 5.74) is 0.802. The van der Waals surface area contributed by atoms with Gasteiger partial charge in [0.1, 0.15) is 11.6 Å². The van der Waals surface area contributed by atoms with E-state index in [-0.39, 0.29) is 0 Å². The van der Waals surface area contributed by atoms with E-state index >= 15 is 0 Å². The molecule has 0 spiro atoms. The van der Waals surface area contributed by atoms with Crippen molar-refractivity contribution in [1.82, 2.24) is 9.97 Å². The molecule has 0 bridgehead atoms. The summed E-state index contributed by atoms with van der Waals surface area (Å²) in [5.74, 6) is 1.43. The molecule has 1 unspecified atom stereocenters. The zero-order valence-corrected chi connectivity index (χ0v) is 13.6. The minimum Gasteiger partial charge on any atom is -0.325 e. The maximum Gasteiger partial charge on any atom is 0.164 e. The van der Waals surface area contributed by atoms with Gasteiger partial charge in [0.25, 0.3) is 0 Å². The Hall–Kier alpha value is -2.38. The Balaban J connectivity index is 1.54. The third kappa shape index (κ3) is 2.80. The maximum atomic E-state index is 12.5. The van der Waals surface area contributed by atoms with Gasteiger partial charge in [-0.05, 0) is 36.4 Å². The molecule has 0 aliphatic carbocycles. The van der Waals surface area contributed by atoms with E-state index in [9.17, 15) is 4.21 Å². The summed E-state index contributed by atoms with van der Waals surface area (Å²) < 4.78 is 14.3. The molecule has 0 saturated heterocycles. The Morgan fingerprint density at radius 3 is 2.52 bits per heavy atom. The predicted molar refractivity (Wildman–Crippen MR) is 92.9 cm³/mol. The van der Waals surface area contributed by atoms with Gasteiger partial charge < -0.3 is 5.32 Å². The SMILES string of the molecule is O=S1c2ccccc2SN1c1ccc(Nc2ccccn2)nc1. The fourth-order valence-electron chi connectivity index (χ4n) is 2.17. The second kappa shape index (κ2) is 6.02. The first-order chi connectivity index (χ1) is 11.3. The molecule has 0 fully saturated rings. The highest BCUT2D eigenvalue weighted by molar-refractivity contribution is 8.14. The monoisotopic (exact) mass is 340 g/mol. The van der Waals surface area contributed by atoms with Crippen LogP contribution < -0.4 is 9.03 Å². The number of hydrogen-bond acceptors (Lipinski definition) is 5. The highest BCUT2D eigenvalue weighted by Crippen LogP contribution is 2.42. The van der Waals surface area contributed by atoms with Gasteiger partial charge in [0.15, 0.2) is 11.0 Å². The first kappa shape index (κ1) is 14.2. The highest BCUT2D eigenvalue weighted by Gasteiger charge is 2.28. The van der Waals surface area contributed by atoms with Crippen molar-refractivity contribution in [1.29, 1.82) is 0 Å². The topological polar surface area (TPSA) is 58.1 Å². The normalized spacial score (nSPS) is 16.2. The standard InChI is InChI=1S/C16H12N4OS2/c21-23-14-6-2-1-5-13(14)22-20(23)12-8-9-16(18-11-12)19-15-7-3-4-10-17-15/h1-11H,(H,17,18,19). The molecule has 0 radical (unpaired) electrons. The van der Waals surface area contributed by atoms with Crippen LogP contribution in [-0.2, 0) is 11.0 Å². The Morgan fingerprint density at radius 1 is 0.957 bits per heavy atom. The molecule has 23 heavy (non-hydrogen) atoms. The highest BCUT2D eigenvalue weighted by atomic mass is 32.2. The Labute approximate surface area is 140 Å². The molecule has 0 saturated carbocycles. The van der Waals surface area contributed by atoms with Crippen LogP contribution in [0.25, 0.3) is 0 Å². The van der Waals surface area contributed by atoms with Gasteiger partial charge in [-0.2, -0.15) is 0 Å². The fraction of sp³-hybridized carbons (Fsp3) is 0. The Morgan fingerprint density at radius 2 is 1.78 bits per heavy atom. The number of anilines is 3. The van der Waals surface area contributed by atoms with Gasteiger partial charge in [-0.25, -0.2) is 17.9 Å². The van der Waals surface area contributed by atoms with Crippen molar-refractivity contribution in [3.63, 3.8) is 0 Å². The lowest BCUT2D eigenvalue weighted by atomic mass is 10.4. The minimum atomic E-state index is -1.21. The smallest absolute Gasteiger partial charge is 0.164 e. The largest absolute Gasteiger partial charge is 0.325 e. The van der Waals surface area contributed by atoms with E-state index in [4.69, 9.17) is 0 Å². The van der Waals surface area contributed by atoms with Crippen LogP contribution in [0, 0.1) is 0 Å². The number of fused-ring (bicyclic) bond motifs is 1. The summed E-state index contributed by atoms with van der Waals surface area (Å²) >= 11 is 1.47. The molecule has 1 aromatic carbocycles. The molecule has 1 aliphatic heterocycles. The van der Waals surface area contributed by atoms with Crippen molar-refractivity contribution in [3.05, 3.63) is 67.0 Å². The van der Waals surface area contributed by atoms with Gasteiger partial charge in [0, 0.05) is 23.0 Å². The summed E-state index contributed by atoms with van der Waals surface area (Å²) in [6.07, 6.45) is 3.43. The molecular formula is C16H12N4OS2. The van der Waals surface area contributed by atoms with Crippen LogP contribution in [0.3, 0.4) is 0 Å². The molecule has 114 valence electrons. The van der Waals surface area contributed by atoms with E-state index in [1.165, 1.54) is 11.9 Å². The zero-order chi connectivity index (χ0) is 15.6. The van der Waals surface area contributed by atoms with Gasteiger partial charge in [-0.15, -0.1) is 0 Å². The molecule has 2 aromatic heterocycles. The van der Waals surface area contributed by atoms with Crippen LogP contribution in [0.2, 0.25) is 0 Å². The number of nitrogens with one attached hydrogen (secondary N) is 1. The van der Waals surface area contributed by atoms with Gasteiger partial charge in [-0.3, -0.25) is 0 Å². The third-order valence-corrected chi connectivity index (χ3v) is 6.18. The van der Waals surface area contributed by atoms with E-state index in [1.807, 2.05) is 54.6 Å². The molecule has 4 rings (SSSR count). The van der Waals surface area contributed by atoms with Gasteiger partial charge in [0.05, 0.1) is 16.8 Å². The molecule has 3 aromatic rings. The molecular weight excluding hydrogens is 328 g/mol. The number of rotatable bonds is 3.